The Labute approximate surface area is 203 Å². The summed E-state index contributed by atoms with van der Waals surface area (Å²) in [6.07, 6.45) is 5.93. The lowest BCUT2D eigenvalue weighted by Gasteiger charge is -2.36. The molecule has 0 aliphatic heterocycles. The second-order valence-corrected chi connectivity index (χ2v) is 10.5. The maximum Gasteiger partial charge on any atom is 0.160 e. The molecule has 2 atom stereocenters. The summed E-state index contributed by atoms with van der Waals surface area (Å²) < 4.78 is 1.57. The summed E-state index contributed by atoms with van der Waals surface area (Å²) >= 11 is 10.7. The van der Waals surface area contributed by atoms with Gasteiger partial charge in [-0.1, -0.05) is 83.5 Å². The summed E-state index contributed by atoms with van der Waals surface area (Å²) in [6.45, 7) is 15.5. The summed E-state index contributed by atoms with van der Waals surface area (Å²) in [5.41, 5.74) is 8.28. The molecule has 0 fully saturated rings. The molecule has 0 saturated heterocycles. The van der Waals surface area contributed by atoms with Crippen LogP contribution in [0.25, 0.3) is 0 Å². The fraction of sp³-hybridized carbons (Fsp3) is 0.407. The van der Waals surface area contributed by atoms with Crippen LogP contribution >= 0.6 is 24.4 Å². The van der Waals surface area contributed by atoms with Crippen molar-refractivity contribution in [3.8, 4) is 0 Å². The Bertz CT molecular complexity index is 1050. The average molecular weight is 471 g/mol. The fourth-order valence-corrected chi connectivity index (χ4v) is 5.16. The summed E-state index contributed by atoms with van der Waals surface area (Å²) in [5.74, 6) is 0.496. The highest BCUT2D eigenvalue weighted by molar-refractivity contribution is 7.77. The number of aryl methyl sites for hydroxylation is 1. The van der Waals surface area contributed by atoms with Gasteiger partial charge >= 0.3 is 0 Å². The Balaban J connectivity index is 1.86. The third-order valence-corrected chi connectivity index (χ3v) is 7.47. The maximum absolute atomic E-state index is 10.7. The largest absolute Gasteiger partial charge is 0.504 e. The van der Waals surface area contributed by atoms with Crippen LogP contribution in [0.4, 0.5) is 0 Å². The molecule has 0 bridgehead atoms. The van der Waals surface area contributed by atoms with E-state index in [1.165, 1.54) is 16.7 Å². The highest BCUT2D eigenvalue weighted by atomic mass is 35.5. The van der Waals surface area contributed by atoms with Gasteiger partial charge < -0.3 is 14.7 Å². The van der Waals surface area contributed by atoms with E-state index >= 15 is 0 Å². The Hall–Kier alpha value is -2.04. The van der Waals surface area contributed by atoms with Gasteiger partial charge in [0.2, 0.25) is 0 Å². The van der Waals surface area contributed by atoms with Crippen molar-refractivity contribution < 1.29 is 5.11 Å². The predicted molar refractivity (Wildman–Crippen MR) is 140 cm³/mol. The zero-order chi connectivity index (χ0) is 23.8. The zero-order valence-corrected chi connectivity index (χ0v) is 21.6. The van der Waals surface area contributed by atoms with Crippen molar-refractivity contribution in [2.75, 3.05) is 7.05 Å². The molecule has 2 aliphatic carbocycles. The third kappa shape index (κ3) is 4.53. The smallest absolute Gasteiger partial charge is 0.160 e. The first-order chi connectivity index (χ1) is 15.0. The van der Waals surface area contributed by atoms with E-state index in [2.05, 4.69) is 89.7 Å². The Morgan fingerprint density at radius 1 is 1.38 bits per heavy atom. The Kier molecular flexibility index (Phi) is 7.26. The number of alkyl halides is 1. The first-order valence-electron chi connectivity index (χ1n) is 11.2. The third-order valence-electron chi connectivity index (χ3n) is 6.87. The van der Waals surface area contributed by atoms with Gasteiger partial charge in [-0.25, -0.2) is 0 Å². The Morgan fingerprint density at radius 2 is 2.03 bits per heavy atom. The molecular weight excluding hydrogens is 436 g/mol. The van der Waals surface area contributed by atoms with Gasteiger partial charge in [-0.3, -0.25) is 0 Å². The maximum atomic E-state index is 10.7. The van der Waals surface area contributed by atoms with E-state index in [0.717, 1.165) is 23.3 Å². The zero-order valence-electron chi connectivity index (χ0n) is 20.0. The number of hydrogen-bond acceptors (Lipinski definition) is 4. The number of halogens is 1. The second kappa shape index (κ2) is 9.44. The highest BCUT2D eigenvalue weighted by Gasteiger charge is 2.33. The molecule has 3 rings (SSSR count). The molecule has 0 amide bonds. The number of allylic oxidation sites excluding steroid dienone is 5. The summed E-state index contributed by atoms with van der Waals surface area (Å²) in [5, 5.41) is 13.8. The molecule has 2 unspecified atom stereocenters. The van der Waals surface area contributed by atoms with Crippen LogP contribution in [0, 0.1) is 5.41 Å². The van der Waals surface area contributed by atoms with Crippen molar-refractivity contribution in [1.29, 1.82) is 0 Å². The Morgan fingerprint density at radius 3 is 2.62 bits per heavy atom. The standard InChI is InChI=1S/C27H35ClN2OS/c1-8-19-11-9-10-12-20(19)18(4)27(5,6)15-21-16(2)24(17(21)3)29-23-14-13-22(28)25(26(23)31)30(7)32/h9-12,14-15,18,22,29,31-32H,2,8,13H2,1,3-7H3/b21-15-. The van der Waals surface area contributed by atoms with E-state index in [4.69, 9.17) is 11.6 Å². The summed E-state index contributed by atoms with van der Waals surface area (Å²) in [6, 6.07) is 8.72. The molecule has 0 aromatic heterocycles. The monoisotopic (exact) mass is 470 g/mol. The molecule has 0 spiro atoms. The van der Waals surface area contributed by atoms with Crippen molar-refractivity contribution in [3.05, 3.63) is 93.7 Å². The number of nitrogens with one attached hydrogen (secondary N) is 1. The van der Waals surface area contributed by atoms with Crippen LogP contribution < -0.4 is 5.32 Å². The number of rotatable bonds is 7. The lowest BCUT2D eigenvalue weighted by atomic mass is 9.70. The molecule has 172 valence electrons. The number of nitrogens with zero attached hydrogens (tertiary/aromatic N) is 1. The molecule has 3 nitrogen and oxygen atoms in total. The SMILES string of the molecule is C=C1C(NC2=CCC(Cl)C(N(C)S)=C2O)=C(C)/C1=C\C(C)(C)C(C)c1ccccc1CC. The van der Waals surface area contributed by atoms with E-state index < -0.39 is 0 Å². The summed E-state index contributed by atoms with van der Waals surface area (Å²) in [4.78, 5) is 0. The number of aliphatic hydroxyl groups is 1. The van der Waals surface area contributed by atoms with Crippen molar-refractivity contribution in [1.82, 2.24) is 9.62 Å². The molecule has 32 heavy (non-hydrogen) atoms. The van der Waals surface area contributed by atoms with Crippen molar-refractivity contribution in [2.45, 2.75) is 58.8 Å². The van der Waals surface area contributed by atoms with Crippen LogP contribution in [-0.4, -0.2) is 21.8 Å². The quantitative estimate of drug-likeness (QED) is 0.291. The van der Waals surface area contributed by atoms with Crippen LogP contribution in [0.3, 0.4) is 0 Å². The molecule has 2 N–H and O–H groups in total. The van der Waals surface area contributed by atoms with E-state index in [9.17, 15) is 5.11 Å². The minimum absolute atomic E-state index is 0.0454. The van der Waals surface area contributed by atoms with Crippen LogP contribution in [0.15, 0.2) is 82.6 Å². The summed E-state index contributed by atoms with van der Waals surface area (Å²) in [7, 11) is 1.76. The molecule has 0 saturated carbocycles. The van der Waals surface area contributed by atoms with Crippen LogP contribution in [0.1, 0.15) is 58.1 Å². The van der Waals surface area contributed by atoms with Gasteiger partial charge in [0.25, 0.3) is 0 Å². The van der Waals surface area contributed by atoms with Crippen LogP contribution in [-0.2, 0) is 6.42 Å². The fourth-order valence-electron chi connectivity index (χ4n) is 4.52. The number of thiol groups is 1. The lowest BCUT2D eigenvalue weighted by molar-refractivity contribution is 0.384. The van der Waals surface area contributed by atoms with E-state index in [0.29, 0.717) is 23.7 Å². The number of hydrogen-bond donors (Lipinski definition) is 3. The number of benzene rings is 1. The number of aliphatic hydroxyl groups excluding tert-OH is 1. The first-order valence-corrected chi connectivity index (χ1v) is 12.0. The minimum Gasteiger partial charge on any atom is -0.504 e. The van der Waals surface area contributed by atoms with Crippen molar-refractivity contribution >= 4 is 24.4 Å². The first kappa shape index (κ1) is 24.6. The predicted octanol–water partition coefficient (Wildman–Crippen LogP) is 7.18. The van der Waals surface area contributed by atoms with Gasteiger partial charge in [-0.2, -0.15) is 0 Å². The van der Waals surface area contributed by atoms with Gasteiger partial charge in [0, 0.05) is 12.7 Å². The van der Waals surface area contributed by atoms with Gasteiger partial charge in [0.1, 0.15) is 0 Å². The van der Waals surface area contributed by atoms with Crippen molar-refractivity contribution in [2.24, 2.45) is 5.41 Å². The molecule has 5 heteroatoms. The van der Waals surface area contributed by atoms with Gasteiger partial charge in [-0.05, 0) is 58.9 Å². The normalized spacial score (nSPS) is 21.5. The minimum atomic E-state index is -0.300. The molecule has 0 heterocycles. The van der Waals surface area contributed by atoms with E-state index in [-0.39, 0.29) is 16.6 Å². The molecular formula is C27H35ClN2OS. The van der Waals surface area contributed by atoms with Gasteiger partial charge in [0.15, 0.2) is 5.76 Å². The van der Waals surface area contributed by atoms with Gasteiger partial charge in [-0.15, -0.1) is 11.6 Å². The van der Waals surface area contributed by atoms with Crippen LogP contribution in [0.2, 0.25) is 0 Å². The van der Waals surface area contributed by atoms with Crippen LogP contribution in [0.5, 0.6) is 0 Å². The topological polar surface area (TPSA) is 35.5 Å². The molecule has 1 aromatic rings. The van der Waals surface area contributed by atoms with Gasteiger partial charge in [0.05, 0.1) is 16.8 Å². The second-order valence-electron chi connectivity index (χ2n) is 9.34. The van der Waals surface area contributed by atoms with E-state index in [1.807, 2.05) is 6.08 Å². The molecule has 2 aliphatic rings. The average Bonchev–Trinajstić information content (AvgIpc) is 2.76. The van der Waals surface area contributed by atoms with Crippen molar-refractivity contribution in [3.63, 3.8) is 0 Å². The highest BCUT2D eigenvalue weighted by Crippen LogP contribution is 2.45. The molecule has 0 radical (unpaired) electrons. The molecule has 1 aromatic carbocycles. The van der Waals surface area contributed by atoms with E-state index in [1.54, 1.807) is 11.4 Å². The lowest BCUT2D eigenvalue weighted by Crippen LogP contribution is -2.30.